The molecule has 0 aliphatic rings. The van der Waals surface area contributed by atoms with Gasteiger partial charge >= 0.3 is 0 Å². The van der Waals surface area contributed by atoms with Gasteiger partial charge in [-0.05, 0) is 17.7 Å². The molecule has 18 heavy (non-hydrogen) atoms. The summed E-state index contributed by atoms with van der Waals surface area (Å²) in [5.74, 6) is -0.0662. The van der Waals surface area contributed by atoms with E-state index in [0.29, 0.717) is 24.5 Å². The van der Waals surface area contributed by atoms with Gasteiger partial charge in [0.25, 0.3) is 0 Å². The van der Waals surface area contributed by atoms with Crippen molar-refractivity contribution in [2.75, 3.05) is 20.2 Å². The number of hydrogen-bond acceptors (Lipinski definition) is 3. The molecule has 3 N–H and O–H groups in total. The zero-order valence-electron chi connectivity index (χ0n) is 10.2. The summed E-state index contributed by atoms with van der Waals surface area (Å²) in [5, 5.41) is 3.45. The molecule has 1 rings (SSSR count). The Hall–Kier alpha value is -0.810. The summed E-state index contributed by atoms with van der Waals surface area (Å²) in [6.07, 6.45) is 0.158. The standard InChI is InChI=1S/C12H17ClN2O2.ClH/c1-17-11(8-15-12(16)6-7-14)9-2-4-10(13)5-3-9;/h2-5,11H,6-8,14H2,1H3,(H,15,16);1H. The van der Waals surface area contributed by atoms with Crippen molar-refractivity contribution in [3.63, 3.8) is 0 Å². The Morgan fingerprint density at radius 2 is 2.06 bits per heavy atom. The van der Waals surface area contributed by atoms with E-state index in [2.05, 4.69) is 5.32 Å². The molecule has 0 bridgehead atoms. The van der Waals surface area contributed by atoms with Crippen LogP contribution in [-0.4, -0.2) is 26.1 Å². The Balaban J connectivity index is 0.00000289. The summed E-state index contributed by atoms with van der Waals surface area (Å²) in [6.45, 7) is 0.779. The number of ether oxygens (including phenoxy) is 1. The molecule has 0 aliphatic heterocycles. The summed E-state index contributed by atoms with van der Waals surface area (Å²) < 4.78 is 5.32. The minimum Gasteiger partial charge on any atom is -0.375 e. The maximum Gasteiger partial charge on any atom is 0.221 e. The Morgan fingerprint density at radius 1 is 1.44 bits per heavy atom. The normalized spacial score (nSPS) is 11.5. The first-order chi connectivity index (χ1) is 8.17. The van der Waals surface area contributed by atoms with Gasteiger partial charge in [0.1, 0.15) is 0 Å². The Morgan fingerprint density at radius 3 is 2.56 bits per heavy atom. The van der Waals surface area contributed by atoms with Gasteiger partial charge in [-0.1, -0.05) is 23.7 Å². The van der Waals surface area contributed by atoms with Crippen LogP contribution in [-0.2, 0) is 9.53 Å². The van der Waals surface area contributed by atoms with Gasteiger partial charge in [0, 0.05) is 31.6 Å². The highest BCUT2D eigenvalue weighted by Crippen LogP contribution is 2.18. The SMILES string of the molecule is COC(CNC(=O)CCN)c1ccc(Cl)cc1.Cl. The van der Waals surface area contributed by atoms with E-state index >= 15 is 0 Å². The highest BCUT2D eigenvalue weighted by atomic mass is 35.5. The molecule has 102 valence electrons. The number of nitrogens with two attached hydrogens (primary N) is 1. The van der Waals surface area contributed by atoms with E-state index < -0.39 is 0 Å². The van der Waals surface area contributed by atoms with Crippen LogP contribution in [0, 0.1) is 0 Å². The van der Waals surface area contributed by atoms with Crippen molar-refractivity contribution in [1.29, 1.82) is 0 Å². The number of amides is 1. The molecule has 0 saturated heterocycles. The molecule has 1 atom stereocenters. The molecule has 1 unspecified atom stereocenters. The summed E-state index contributed by atoms with van der Waals surface area (Å²) in [5.41, 5.74) is 6.27. The molecule has 0 fully saturated rings. The topological polar surface area (TPSA) is 64.3 Å². The van der Waals surface area contributed by atoms with Gasteiger partial charge in [0.15, 0.2) is 0 Å². The lowest BCUT2D eigenvalue weighted by molar-refractivity contribution is -0.121. The van der Waals surface area contributed by atoms with Gasteiger partial charge in [-0.15, -0.1) is 12.4 Å². The van der Waals surface area contributed by atoms with Gasteiger partial charge < -0.3 is 15.8 Å². The van der Waals surface area contributed by atoms with E-state index in [4.69, 9.17) is 22.1 Å². The summed E-state index contributed by atoms with van der Waals surface area (Å²) >= 11 is 5.80. The fraction of sp³-hybridized carbons (Fsp3) is 0.417. The first-order valence-corrected chi connectivity index (χ1v) is 5.80. The Kier molecular flexibility index (Phi) is 8.75. The molecule has 1 amide bonds. The van der Waals surface area contributed by atoms with Crippen molar-refractivity contribution in [3.8, 4) is 0 Å². The third-order valence-electron chi connectivity index (χ3n) is 2.38. The molecule has 0 aliphatic carbocycles. The monoisotopic (exact) mass is 292 g/mol. The van der Waals surface area contributed by atoms with Crippen molar-refractivity contribution in [1.82, 2.24) is 5.32 Å². The van der Waals surface area contributed by atoms with E-state index in [-0.39, 0.29) is 24.4 Å². The average molecular weight is 293 g/mol. The zero-order valence-corrected chi connectivity index (χ0v) is 11.8. The molecule has 0 saturated carbocycles. The lowest BCUT2D eigenvalue weighted by atomic mass is 10.1. The molecule has 4 nitrogen and oxygen atoms in total. The maximum atomic E-state index is 11.3. The number of nitrogens with one attached hydrogen (secondary N) is 1. The first kappa shape index (κ1) is 17.2. The summed E-state index contributed by atoms with van der Waals surface area (Å²) in [7, 11) is 1.61. The Bertz CT molecular complexity index is 358. The fourth-order valence-electron chi connectivity index (χ4n) is 1.44. The fourth-order valence-corrected chi connectivity index (χ4v) is 1.57. The third-order valence-corrected chi connectivity index (χ3v) is 2.63. The third kappa shape index (κ3) is 5.69. The van der Waals surface area contributed by atoms with Crippen molar-refractivity contribution < 1.29 is 9.53 Å². The summed E-state index contributed by atoms with van der Waals surface area (Å²) in [4.78, 5) is 11.3. The Labute approximate surface area is 118 Å². The maximum absolute atomic E-state index is 11.3. The van der Waals surface area contributed by atoms with E-state index in [9.17, 15) is 4.79 Å². The second-order valence-electron chi connectivity index (χ2n) is 3.62. The van der Waals surface area contributed by atoms with Crippen molar-refractivity contribution in [2.45, 2.75) is 12.5 Å². The zero-order chi connectivity index (χ0) is 12.7. The first-order valence-electron chi connectivity index (χ1n) is 5.42. The van der Waals surface area contributed by atoms with Crippen molar-refractivity contribution in [3.05, 3.63) is 34.9 Å². The molecular formula is C12H18Cl2N2O2. The lowest BCUT2D eigenvalue weighted by Gasteiger charge is -2.16. The van der Waals surface area contributed by atoms with E-state index in [1.165, 1.54) is 0 Å². The molecule has 0 heterocycles. The van der Waals surface area contributed by atoms with Crippen LogP contribution in [0.1, 0.15) is 18.1 Å². The molecule has 0 radical (unpaired) electrons. The molecule has 0 spiro atoms. The molecular weight excluding hydrogens is 275 g/mol. The van der Waals surface area contributed by atoms with Gasteiger partial charge in [0.2, 0.25) is 5.91 Å². The van der Waals surface area contributed by atoms with E-state index in [1.807, 2.05) is 12.1 Å². The molecule has 6 heteroatoms. The van der Waals surface area contributed by atoms with Gasteiger partial charge in [-0.3, -0.25) is 4.79 Å². The molecule has 1 aromatic carbocycles. The number of carbonyl (C=O) groups is 1. The van der Waals surface area contributed by atoms with Gasteiger partial charge in [-0.25, -0.2) is 0 Å². The van der Waals surface area contributed by atoms with Crippen LogP contribution in [0.4, 0.5) is 0 Å². The predicted molar refractivity (Wildman–Crippen MR) is 75.1 cm³/mol. The molecule has 0 aromatic heterocycles. The highest BCUT2D eigenvalue weighted by Gasteiger charge is 2.11. The van der Waals surface area contributed by atoms with E-state index in [1.54, 1.807) is 19.2 Å². The second-order valence-corrected chi connectivity index (χ2v) is 4.06. The minimum absolute atomic E-state index is 0. The van der Waals surface area contributed by atoms with Crippen LogP contribution in [0.15, 0.2) is 24.3 Å². The number of methoxy groups -OCH3 is 1. The van der Waals surface area contributed by atoms with Gasteiger partial charge in [-0.2, -0.15) is 0 Å². The molecule has 1 aromatic rings. The van der Waals surface area contributed by atoms with Crippen molar-refractivity contribution in [2.24, 2.45) is 5.73 Å². The highest BCUT2D eigenvalue weighted by molar-refractivity contribution is 6.30. The van der Waals surface area contributed by atoms with Crippen molar-refractivity contribution >= 4 is 29.9 Å². The second kappa shape index (κ2) is 9.16. The van der Waals surface area contributed by atoms with Crippen LogP contribution in [0.25, 0.3) is 0 Å². The largest absolute Gasteiger partial charge is 0.375 e. The number of hydrogen-bond donors (Lipinski definition) is 2. The average Bonchev–Trinajstić information content (AvgIpc) is 2.32. The van der Waals surface area contributed by atoms with Crippen LogP contribution < -0.4 is 11.1 Å². The number of halogens is 2. The lowest BCUT2D eigenvalue weighted by Crippen LogP contribution is -2.30. The number of benzene rings is 1. The number of carbonyl (C=O) groups excluding carboxylic acids is 1. The smallest absolute Gasteiger partial charge is 0.221 e. The van der Waals surface area contributed by atoms with Crippen LogP contribution in [0.2, 0.25) is 5.02 Å². The predicted octanol–water partition coefficient (Wildman–Crippen LogP) is 1.91. The van der Waals surface area contributed by atoms with Crippen LogP contribution in [0.3, 0.4) is 0 Å². The number of rotatable bonds is 6. The van der Waals surface area contributed by atoms with E-state index in [0.717, 1.165) is 5.56 Å². The summed E-state index contributed by atoms with van der Waals surface area (Å²) in [6, 6.07) is 7.35. The van der Waals surface area contributed by atoms with Gasteiger partial charge in [0.05, 0.1) is 6.10 Å². The quantitative estimate of drug-likeness (QED) is 0.842. The van der Waals surface area contributed by atoms with Crippen LogP contribution >= 0.6 is 24.0 Å². The minimum atomic E-state index is -0.172. The van der Waals surface area contributed by atoms with Crippen LogP contribution in [0.5, 0.6) is 0 Å².